The van der Waals surface area contributed by atoms with E-state index in [0.717, 1.165) is 25.7 Å². The summed E-state index contributed by atoms with van der Waals surface area (Å²) in [5, 5.41) is 0. The summed E-state index contributed by atoms with van der Waals surface area (Å²) < 4.78 is 18.2. The fourth-order valence-electron chi connectivity index (χ4n) is 2.09. The third kappa shape index (κ3) is 3.51. The van der Waals surface area contributed by atoms with Crippen molar-refractivity contribution in [2.45, 2.75) is 44.6 Å². The van der Waals surface area contributed by atoms with Crippen LogP contribution in [0.1, 0.15) is 49.0 Å². The Labute approximate surface area is 100 Å². The van der Waals surface area contributed by atoms with E-state index in [1.54, 1.807) is 0 Å². The first-order chi connectivity index (χ1) is 8.25. The summed E-state index contributed by atoms with van der Waals surface area (Å²) in [6.45, 7) is 0. The second-order valence-corrected chi connectivity index (χ2v) is 4.36. The molecule has 1 fully saturated rings. The predicted octanol–water partition coefficient (Wildman–Crippen LogP) is 3.10. The van der Waals surface area contributed by atoms with Crippen molar-refractivity contribution in [3.05, 3.63) is 29.8 Å². The lowest BCUT2D eigenvalue weighted by Gasteiger charge is -2.14. The maximum atomic E-state index is 12.9. The fraction of sp³-hybridized carbons (Fsp3) is 0.538. The quantitative estimate of drug-likeness (QED) is 0.450. The number of carbonyl (C=O) groups is 1. The lowest BCUT2D eigenvalue weighted by atomic mass is 10.1. The first-order valence-corrected chi connectivity index (χ1v) is 6.09. The monoisotopic (exact) mass is 237 g/mol. The molecule has 0 spiro atoms. The Bertz CT molecular complexity index is 387. The maximum absolute atomic E-state index is 12.9. The molecule has 1 aliphatic rings. The third-order valence-electron chi connectivity index (χ3n) is 3.00. The Balaban J connectivity index is 1.96. The number of rotatable bonds is 2. The van der Waals surface area contributed by atoms with Crippen LogP contribution in [0.3, 0.4) is 0 Å². The number of halogens is 1. The molecule has 4 heteroatoms. The first-order valence-electron chi connectivity index (χ1n) is 6.09. The molecule has 0 radical (unpaired) electrons. The molecule has 2 rings (SSSR count). The highest BCUT2D eigenvalue weighted by atomic mass is 19.1. The molecule has 0 saturated heterocycles. The zero-order chi connectivity index (χ0) is 12.1. The molecule has 0 atom stereocenters. The van der Waals surface area contributed by atoms with Crippen LogP contribution in [0.25, 0.3) is 0 Å². The molecule has 0 aliphatic heterocycles. The van der Waals surface area contributed by atoms with Gasteiger partial charge < -0.3 is 4.74 Å². The van der Waals surface area contributed by atoms with Gasteiger partial charge in [0.1, 0.15) is 6.10 Å². The van der Waals surface area contributed by atoms with Crippen LogP contribution in [0, 0.1) is 5.95 Å². The summed E-state index contributed by atoms with van der Waals surface area (Å²) in [6.07, 6.45) is 6.36. The van der Waals surface area contributed by atoms with Gasteiger partial charge in [-0.05, 0) is 37.8 Å². The number of aromatic nitrogens is 1. The molecule has 17 heavy (non-hydrogen) atoms. The van der Waals surface area contributed by atoms with Crippen molar-refractivity contribution in [3.63, 3.8) is 0 Å². The van der Waals surface area contributed by atoms with Crippen molar-refractivity contribution >= 4 is 5.97 Å². The topological polar surface area (TPSA) is 39.2 Å². The summed E-state index contributed by atoms with van der Waals surface area (Å²) in [7, 11) is 0. The summed E-state index contributed by atoms with van der Waals surface area (Å²) in [5.74, 6) is -1.17. The van der Waals surface area contributed by atoms with E-state index in [2.05, 4.69) is 4.98 Å². The SMILES string of the molecule is O=C(OC1CCCCCC1)c1cccc(F)n1. The van der Waals surface area contributed by atoms with E-state index < -0.39 is 11.9 Å². The number of nitrogens with zero attached hydrogens (tertiary/aromatic N) is 1. The standard InChI is InChI=1S/C13H16FNO2/c14-12-9-5-8-11(15-12)13(16)17-10-6-3-1-2-4-7-10/h5,8-10H,1-4,6-7H2. The number of carbonyl (C=O) groups excluding carboxylic acids is 1. The van der Waals surface area contributed by atoms with Crippen molar-refractivity contribution in [2.75, 3.05) is 0 Å². The lowest BCUT2D eigenvalue weighted by molar-refractivity contribution is 0.0259. The summed E-state index contributed by atoms with van der Waals surface area (Å²) in [4.78, 5) is 15.2. The molecule has 92 valence electrons. The number of hydrogen-bond acceptors (Lipinski definition) is 3. The van der Waals surface area contributed by atoms with Crippen LogP contribution in [0.4, 0.5) is 4.39 Å². The van der Waals surface area contributed by atoms with Crippen LogP contribution in [0.15, 0.2) is 18.2 Å². The van der Waals surface area contributed by atoms with Crippen molar-refractivity contribution < 1.29 is 13.9 Å². The minimum Gasteiger partial charge on any atom is -0.458 e. The molecular formula is C13H16FNO2. The second kappa shape index (κ2) is 5.75. The molecule has 0 amide bonds. The molecule has 3 nitrogen and oxygen atoms in total. The lowest BCUT2D eigenvalue weighted by Crippen LogP contribution is -2.18. The van der Waals surface area contributed by atoms with Crippen molar-refractivity contribution in [1.82, 2.24) is 4.98 Å². The van der Waals surface area contributed by atoms with Gasteiger partial charge in [-0.1, -0.05) is 18.9 Å². The number of esters is 1. The van der Waals surface area contributed by atoms with Gasteiger partial charge in [-0.25, -0.2) is 9.78 Å². The van der Waals surface area contributed by atoms with Gasteiger partial charge in [0.2, 0.25) is 5.95 Å². The zero-order valence-corrected chi connectivity index (χ0v) is 9.69. The van der Waals surface area contributed by atoms with Crippen LogP contribution >= 0.6 is 0 Å². The van der Waals surface area contributed by atoms with E-state index in [1.807, 2.05) is 0 Å². The van der Waals surface area contributed by atoms with E-state index in [1.165, 1.54) is 31.0 Å². The van der Waals surface area contributed by atoms with Crippen molar-refractivity contribution in [3.8, 4) is 0 Å². The van der Waals surface area contributed by atoms with Crippen LogP contribution < -0.4 is 0 Å². The van der Waals surface area contributed by atoms with Gasteiger partial charge >= 0.3 is 5.97 Å². The normalized spacial score (nSPS) is 17.5. The van der Waals surface area contributed by atoms with E-state index in [4.69, 9.17) is 4.74 Å². The summed E-state index contributed by atoms with van der Waals surface area (Å²) in [6, 6.07) is 4.15. The largest absolute Gasteiger partial charge is 0.458 e. The van der Waals surface area contributed by atoms with Crippen LogP contribution in [-0.4, -0.2) is 17.1 Å². The van der Waals surface area contributed by atoms with Gasteiger partial charge in [0, 0.05) is 0 Å². The molecule has 1 aromatic heterocycles. The molecule has 1 saturated carbocycles. The first kappa shape index (κ1) is 12.0. The van der Waals surface area contributed by atoms with Crippen molar-refractivity contribution in [2.24, 2.45) is 0 Å². The summed E-state index contributed by atoms with van der Waals surface area (Å²) >= 11 is 0. The maximum Gasteiger partial charge on any atom is 0.357 e. The van der Waals surface area contributed by atoms with E-state index in [0.29, 0.717) is 0 Å². The Morgan fingerprint density at radius 3 is 2.59 bits per heavy atom. The van der Waals surface area contributed by atoms with Gasteiger partial charge in [-0.15, -0.1) is 0 Å². The zero-order valence-electron chi connectivity index (χ0n) is 9.69. The van der Waals surface area contributed by atoms with Gasteiger partial charge in [0.05, 0.1) is 0 Å². The Kier molecular flexibility index (Phi) is 4.07. The predicted molar refractivity (Wildman–Crippen MR) is 61.1 cm³/mol. The molecule has 0 unspecified atom stereocenters. The van der Waals surface area contributed by atoms with E-state index >= 15 is 0 Å². The fourth-order valence-corrected chi connectivity index (χ4v) is 2.09. The average molecular weight is 237 g/mol. The molecule has 0 bridgehead atoms. The highest BCUT2D eigenvalue weighted by molar-refractivity contribution is 5.87. The highest BCUT2D eigenvalue weighted by Crippen LogP contribution is 2.20. The molecule has 1 heterocycles. The van der Waals surface area contributed by atoms with Crippen molar-refractivity contribution in [1.29, 1.82) is 0 Å². The summed E-state index contributed by atoms with van der Waals surface area (Å²) in [5.41, 5.74) is 0.0502. The van der Waals surface area contributed by atoms with E-state index in [9.17, 15) is 9.18 Å². The number of pyridine rings is 1. The third-order valence-corrected chi connectivity index (χ3v) is 3.00. The van der Waals surface area contributed by atoms with E-state index in [-0.39, 0.29) is 11.8 Å². The molecule has 0 N–H and O–H groups in total. The van der Waals surface area contributed by atoms with Gasteiger partial charge in [0.15, 0.2) is 5.69 Å². The van der Waals surface area contributed by atoms with Gasteiger partial charge in [0.25, 0.3) is 0 Å². The van der Waals surface area contributed by atoms with Crippen LogP contribution in [0.5, 0.6) is 0 Å². The minimum absolute atomic E-state index is 0.0323. The Morgan fingerprint density at radius 2 is 1.94 bits per heavy atom. The average Bonchev–Trinajstić information content (AvgIpc) is 2.57. The number of ether oxygens (including phenoxy) is 1. The molecule has 1 aromatic rings. The molecular weight excluding hydrogens is 221 g/mol. The Morgan fingerprint density at radius 1 is 1.24 bits per heavy atom. The number of hydrogen-bond donors (Lipinski definition) is 0. The van der Waals surface area contributed by atoms with Gasteiger partial charge in [-0.3, -0.25) is 0 Å². The molecule has 1 aliphatic carbocycles. The smallest absolute Gasteiger partial charge is 0.357 e. The second-order valence-electron chi connectivity index (χ2n) is 4.36. The van der Waals surface area contributed by atoms with Crippen LogP contribution in [0.2, 0.25) is 0 Å². The van der Waals surface area contributed by atoms with Crippen LogP contribution in [-0.2, 0) is 4.74 Å². The Hall–Kier alpha value is -1.45. The molecule has 0 aromatic carbocycles. The highest BCUT2D eigenvalue weighted by Gasteiger charge is 2.18. The minimum atomic E-state index is -0.652. The van der Waals surface area contributed by atoms with Gasteiger partial charge in [-0.2, -0.15) is 4.39 Å².